The van der Waals surface area contributed by atoms with Crippen molar-refractivity contribution in [1.82, 2.24) is 10.6 Å². The Labute approximate surface area is 257 Å². The minimum absolute atomic E-state index is 0.0350. The quantitative estimate of drug-likeness (QED) is 0.136. The summed E-state index contributed by atoms with van der Waals surface area (Å²) in [6.07, 6.45) is -0.889. The first kappa shape index (κ1) is 36.6. The van der Waals surface area contributed by atoms with E-state index in [0.29, 0.717) is 0 Å². The number of nitrogens with one attached hydrogen (secondary N) is 2. The van der Waals surface area contributed by atoms with Crippen molar-refractivity contribution < 1.29 is 48.0 Å². The maximum Gasteiger partial charge on any atom is 0.408 e. The first-order valence-electron chi connectivity index (χ1n) is 12.0. The van der Waals surface area contributed by atoms with E-state index in [2.05, 4.69) is 10.6 Å². The first-order valence-corrected chi connectivity index (χ1v) is 14.2. The molecule has 0 saturated carbocycles. The molecule has 12 nitrogen and oxygen atoms in total. The number of alkyl carbamates (subject to hydrolysis) is 1. The maximum atomic E-state index is 13.1. The second-order valence-corrected chi connectivity index (χ2v) is 13.4. The molecule has 0 spiro atoms. The van der Waals surface area contributed by atoms with Gasteiger partial charge in [0.05, 0.1) is 17.5 Å². The van der Waals surface area contributed by atoms with E-state index in [1.54, 1.807) is 27.7 Å². The monoisotopic (exact) mass is 658 g/mol. The first-order chi connectivity index (χ1) is 18.7. The van der Waals surface area contributed by atoms with Gasteiger partial charge in [-0.15, -0.1) is 11.8 Å². The Hall–Kier alpha value is -2.45. The van der Waals surface area contributed by atoms with E-state index in [4.69, 9.17) is 53.8 Å². The third-order valence-corrected chi connectivity index (χ3v) is 6.10. The highest BCUT2D eigenvalue weighted by molar-refractivity contribution is 7.99. The van der Waals surface area contributed by atoms with Crippen LogP contribution in [0.15, 0.2) is 6.07 Å². The van der Waals surface area contributed by atoms with Crippen LogP contribution < -0.4 is 20.1 Å². The van der Waals surface area contributed by atoms with Gasteiger partial charge in [-0.3, -0.25) is 14.4 Å². The lowest BCUT2D eigenvalue weighted by Gasteiger charge is -2.24. The molecule has 3 N–H and O–H groups in total. The van der Waals surface area contributed by atoms with Gasteiger partial charge in [-0.2, -0.15) is 0 Å². The summed E-state index contributed by atoms with van der Waals surface area (Å²) in [6.45, 7) is 9.00. The lowest BCUT2D eigenvalue weighted by molar-refractivity contribution is -0.132. The van der Waals surface area contributed by atoms with Gasteiger partial charge in [0.2, 0.25) is 9.70 Å². The van der Waals surface area contributed by atoms with E-state index in [0.717, 1.165) is 25.6 Å². The number of thioether (sulfide) groups is 1. The number of carbonyl (C=O) groups excluding carboxylic acids is 5. The Morgan fingerprint density at radius 3 is 2.05 bits per heavy atom. The number of aliphatic hydroxyl groups is 1. The van der Waals surface area contributed by atoms with Crippen LogP contribution in [0.5, 0.6) is 11.5 Å². The molecule has 230 valence electrons. The summed E-state index contributed by atoms with van der Waals surface area (Å²) in [4.78, 5) is 61.3. The van der Waals surface area contributed by atoms with Crippen molar-refractivity contribution in [3.63, 3.8) is 0 Å². The summed E-state index contributed by atoms with van der Waals surface area (Å²) in [5, 5.41) is 13.9. The van der Waals surface area contributed by atoms with Gasteiger partial charge in [-0.1, -0.05) is 34.8 Å². The zero-order valence-electron chi connectivity index (χ0n) is 23.5. The molecule has 16 heteroatoms. The van der Waals surface area contributed by atoms with E-state index in [9.17, 15) is 29.1 Å². The van der Waals surface area contributed by atoms with Crippen LogP contribution in [0.1, 0.15) is 63.0 Å². The van der Waals surface area contributed by atoms with Crippen molar-refractivity contribution in [1.29, 1.82) is 0 Å². The third-order valence-electron chi connectivity index (χ3n) is 4.70. The topological polar surface area (TPSA) is 167 Å². The SMILES string of the molecule is CC(=O)Oc1cc(OC(C)=O)c(CS[C@H](C)NC(=O)[C@H](CO)NC(=O)OC(C)(C)C)c(C(=O)OCC(Cl)(Cl)Cl)c1C. The van der Waals surface area contributed by atoms with Crippen molar-refractivity contribution in [2.45, 2.75) is 75.0 Å². The van der Waals surface area contributed by atoms with Gasteiger partial charge in [0.15, 0.2) is 0 Å². The minimum Gasteiger partial charge on any atom is -0.458 e. The number of carbonyl (C=O) groups is 5. The molecule has 0 aliphatic carbocycles. The van der Waals surface area contributed by atoms with Crippen LogP contribution in [0.25, 0.3) is 0 Å². The lowest BCUT2D eigenvalue weighted by atomic mass is 10.0. The number of amides is 2. The van der Waals surface area contributed by atoms with E-state index >= 15 is 0 Å². The van der Waals surface area contributed by atoms with Crippen molar-refractivity contribution >= 4 is 76.5 Å². The van der Waals surface area contributed by atoms with Crippen molar-refractivity contribution in [3.8, 4) is 11.5 Å². The Kier molecular flexibility index (Phi) is 14.0. The van der Waals surface area contributed by atoms with E-state index in [1.807, 2.05) is 0 Å². The average molecular weight is 660 g/mol. The van der Waals surface area contributed by atoms with Gasteiger partial charge in [-0.05, 0) is 34.6 Å². The van der Waals surface area contributed by atoms with Crippen LogP contribution in [0, 0.1) is 6.92 Å². The highest BCUT2D eigenvalue weighted by Gasteiger charge is 2.30. The summed E-state index contributed by atoms with van der Waals surface area (Å²) in [5.74, 6) is -3.29. The molecule has 0 heterocycles. The minimum atomic E-state index is -1.92. The summed E-state index contributed by atoms with van der Waals surface area (Å²) < 4.78 is 18.8. The summed E-state index contributed by atoms with van der Waals surface area (Å²) in [6, 6.07) is -0.0301. The van der Waals surface area contributed by atoms with E-state index < -0.39 is 63.9 Å². The highest BCUT2D eigenvalue weighted by atomic mass is 35.6. The van der Waals surface area contributed by atoms with Gasteiger partial charge in [-0.25, -0.2) is 9.59 Å². The maximum absolute atomic E-state index is 13.1. The predicted molar refractivity (Wildman–Crippen MR) is 154 cm³/mol. The van der Waals surface area contributed by atoms with Crippen LogP contribution in [0.4, 0.5) is 4.79 Å². The smallest absolute Gasteiger partial charge is 0.408 e. The highest BCUT2D eigenvalue weighted by Crippen LogP contribution is 2.38. The summed E-state index contributed by atoms with van der Waals surface area (Å²) >= 11 is 18.2. The number of halogens is 3. The van der Waals surface area contributed by atoms with Crippen LogP contribution in [-0.2, 0) is 29.6 Å². The van der Waals surface area contributed by atoms with Crippen LogP contribution in [-0.4, -0.2) is 69.0 Å². The van der Waals surface area contributed by atoms with Crippen LogP contribution in [0.2, 0.25) is 0 Å². The molecular weight excluding hydrogens is 627 g/mol. The molecule has 2 amide bonds. The van der Waals surface area contributed by atoms with E-state index in [-0.39, 0.29) is 33.9 Å². The normalized spacial score (nSPS) is 13.0. The zero-order chi connectivity index (χ0) is 31.7. The molecule has 0 aliphatic rings. The molecule has 0 unspecified atom stereocenters. The Morgan fingerprint density at radius 1 is 1.00 bits per heavy atom. The molecule has 0 fully saturated rings. The number of alkyl halides is 3. The third kappa shape index (κ3) is 13.4. The average Bonchev–Trinajstić information content (AvgIpc) is 2.79. The molecule has 0 saturated heterocycles. The van der Waals surface area contributed by atoms with Gasteiger partial charge >= 0.3 is 24.0 Å². The summed E-state index contributed by atoms with van der Waals surface area (Å²) in [5.41, 5.74) is -0.580. The second kappa shape index (κ2) is 15.7. The number of esters is 3. The van der Waals surface area contributed by atoms with E-state index in [1.165, 1.54) is 13.0 Å². The Morgan fingerprint density at radius 2 is 1.56 bits per heavy atom. The fraction of sp³-hybridized carbons (Fsp3) is 0.560. The molecule has 1 aromatic rings. The molecule has 0 bridgehead atoms. The Bertz CT molecular complexity index is 1150. The molecule has 0 radical (unpaired) electrons. The van der Waals surface area contributed by atoms with Gasteiger partial charge < -0.3 is 34.7 Å². The molecule has 1 aromatic carbocycles. The van der Waals surface area contributed by atoms with Crippen molar-refractivity contribution in [2.24, 2.45) is 0 Å². The number of benzene rings is 1. The van der Waals surface area contributed by atoms with Crippen molar-refractivity contribution in [3.05, 3.63) is 22.8 Å². The van der Waals surface area contributed by atoms with Crippen molar-refractivity contribution in [2.75, 3.05) is 13.2 Å². The molecule has 1 rings (SSSR count). The fourth-order valence-electron chi connectivity index (χ4n) is 3.13. The zero-order valence-corrected chi connectivity index (χ0v) is 26.6. The number of aliphatic hydroxyl groups excluding tert-OH is 1. The molecule has 41 heavy (non-hydrogen) atoms. The molecule has 0 aliphatic heterocycles. The standard InChI is InChI=1S/C25H33Cl3N2O10S/c1-12-18(38-14(3)32)8-19(39-15(4)33)16(20(12)22(35)37-11-25(26,27)28)10-41-13(2)29-21(34)17(9-31)30-23(36)40-24(5,6)7/h8,13,17,31H,9-11H2,1-7H3,(H,29,34)(H,30,36)/t13-,17+/m1/s1. The second-order valence-electron chi connectivity index (χ2n) is 9.57. The van der Waals surface area contributed by atoms with Crippen LogP contribution in [0.3, 0.4) is 0 Å². The number of hydrogen-bond acceptors (Lipinski definition) is 11. The predicted octanol–water partition coefficient (Wildman–Crippen LogP) is 3.95. The number of rotatable bonds is 11. The van der Waals surface area contributed by atoms with Gasteiger partial charge in [0.1, 0.15) is 29.7 Å². The molecule has 2 atom stereocenters. The molecule has 0 aromatic heterocycles. The number of ether oxygens (including phenoxy) is 4. The largest absolute Gasteiger partial charge is 0.458 e. The van der Waals surface area contributed by atoms with Crippen LogP contribution >= 0.6 is 46.6 Å². The molecular formula is C25H33Cl3N2O10S. The lowest BCUT2D eigenvalue weighted by Crippen LogP contribution is -2.51. The number of hydrogen-bond donors (Lipinski definition) is 3. The van der Waals surface area contributed by atoms with Gasteiger partial charge in [0.25, 0.3) is 0 Å². The van der Waals surface area contributed by atoms with Gasteiger partial charge in [0, 0.05) is 36.8 Å². The fourth-order valence-corrected chi connectivity index (χ4v) is 4.19. The summed E-state index contributed by atoms with van der Waals surface area (Å²) in [7, 11) is 0. The Balaban J connectivity index is 3.29.